The standard InChI is InChI=1S/C18H22ClN3O/c1-12(8-13-4-6-15(19)7-5-13)22(3)18(23)17-9-16(17)14-10-20-21(2)11-14/h4-7,10-12,16-17H,8-9H2,1-3H3. The second-order valence-corrected chi connectivity index (χ2v) is 6.96. The average molecular weight is 332 g/mol. The van der Waals surface area contributed by atoms with E-state index in [9.17, 15) is 4.79 Å². The first kappa shape index (κ1) is 16.1. The van der Waals surface area contributed by atoms with Crippen LogP contribution in [-0.2, 0) is 18.3 Å². The summed E-state index contributed by atoms with van der Waals surface area (Å²) < 4.78 is 1.79. The van der Waals surface area contributed by atoms with Gasteiger partial charge in [0.1, 0.15) is 0 Å². The Labute approximate surface area is 142 Å². The fraction of sp³-hybridized carbons (Fsp3) is 0.444. The minimum atomic E-state index is 0.108. The quantitative estimate of drug-likeness (QED) is 0.843. The molecule has 3 atom stereocenters. The number of benzene rings is 1. The molecule has 3 unspecified atom stereocenters. The number of carbonyl (C=O) groups excluding carboxylic acids is 1. The van der Waals surface area contributed by atoms with Crippen LogP contribution in [0.15, 0.2) is 36.7 Å². The number of hydrogen-bond acceptors (Lipinski definition) is 2. The molecule has 23 heavy (non-hydrogen) atoms. The first-order valence-electron chi connectivity index (χ1n) is 7.95. The van der Waals surface area contributed by atoms with Crippen LogP contribution in [-0.4, -0.2) is 33.7 Å². The Hall–Kier alpha value is -1.81. The summed E-state index contributed by atoms with van der Waals surface area (Å²) >= 11 is 5.92. The number of aromatic nitrogens is 2. The second-order valence-electron chi connectivity index (χ2n) is 6.52. The van der Waals surface area contributed by atoms with Crippen LogP contribution in [0.25, 0.3) is 0 Å². The Morgan fingerprint density at radius 1 is 1.43 bits per heavy atom. The zero-order valence-electron chi connectivity index (χ0n) is 13.7. The van der Waals surface area contributed by atoms with Crippen molar-refractivity contribution in [2.24, 2.45) is 13.0 Å². The van der Waals surface area contributed by atoms with Gasteiger partial charge < -0.3 is 4.90 Å². The summed E-state index contributed by atoms with van der Waals surface area (Å²) in [5.41, 5.74) is 2.37. The molecular formula is C18H22ClN3O. The van der Waals surface area contributed by atoms with Crippen LogP contribution < -0.4 is 0 Å². The highest BCUT2D eigenvalue weighted by Gasteiger charge is 2.46. The minimum absolute atomic E-state index is 0.108. The number of halogens is 1. The van der Waals surface area contributed by atoms with Crippen LogP contribution in [0.5, 0.6) is 0 Å². The third kappa shape index (κ3) is 3.58. The molecule has 1 aromatic heterocycles. The highest BCUT2D eigenvalue weighted by Crippen LogP contribution is 2.48. The van der Waals surface area contributed by atoms with E-state index in [1.807, 2.05) is 55.7 Å². The highest BCUT2D eigenvalue weighted by atomic mass is 35.5. The maximum atomic E-state index is 12.7. The summed E-state index contributed by atoms with van der Waals surface area (Å²) in [6.45, 7) is 2.09. The summed E-state index contributed by atoms with van der Waals surface area (Å²) in [6, 6.07) is 7.99. The monoisotopic (exact) mass is 331 g/mol. The van der Waals surface area contributed by atoms with Gasteiger partial charge in [0.2, 0.25) is 5.91 Å². The van der Waals surface area contributed by atoms with Gasteiger partial charge in [0, 0.05) is 37.3 Å². The SMILES string of the molecule is CC(Cc1ccc(Cl)cc1)N(C)C(=O)C1CC1c1cnn(C)c1. The predicted octanol–water partition coefficient (Wildman–Crippen LogP) is 3.27. The molecule has 0 radical (unpaired) electrons. The number of amides is 1. The molecule has 4 nitrogen and oxygen atoms in total. The predicted molar refractivity (Wildman–Crippen MR) is 91.4 cm³/mol. The van der Waals surface area contributed by atoms with Crippen LogP contribution in [0.4, 0.5) is 0 Å². The van der Waals surface area contributed by atoms with Gasteiger partial charge in [-0.25, -0.2) is 0 Å². The van der Waals surface area contributed by atoms with Gasteiger partial charge in [-0.15, -0.1) is 0 Å². The molecule has 0 saturated heterocycles. The number of rotatable bonds is 5. The van der Waals surface area contributed by atoms with E-state index in [1.54, 1.807) is 4.68 Å². The van der Waals surface area contributed by atoms with E-state index in [1.165, 1.54) is 11.1 Å². The van der Waals surface area contributed by atoms with Crippen LogP contribution in [0, 0.1) is 5.92 Å². The largest absolute Gasteiger partial charge is 0.342 e. The van der Waals surface area contributed by atoms with Gasteiger partial charge in [-0.3, -0.25) is 9.48 Å². The topological polar surface area (TPSA) is 38.1 Å². The molecule has 1 fully saturated rings. The van der Waals surface area contributed by atoms with Crippen LogP contribution >= 0.6 is 11.6 Å². The Morgan fingerprint density at radius 2 is 2.13 bits per heavy atom. The van der Waals surface area contributed by atoms with Crippen molar-refractivity contribution in [3.8, 4) is 0 Å². The maximum absolute atomic E-state index is 12.7. The maximum Gasteiger partial charge on any atom is 0.226 e. The molecule has 1 saturated carbocycles. The zero-order valence-corrected chi connectivity index (χ0v) is 14.5. The molecule has 1 aromatic carbocycles. The third-order valence-corrected chi connectivity index (χ3v) is 4.97. The fourth-order valence-corrected chi connectivity index (χ4v) is 3.17. The number of hydrogen-bond donors (Lipinski definition) is 0. The van der Waals surface area contributed by atoms with Crippen molar-refractivity contribution in [2.75, 3.05) is 7.05 Å². The molecule has 5 heteroatoms. The molecule has 122 valence electrons. The van der Waals surface area contributed by atoms with E-state index in [0.717, 1.165) is 17.9 Å². The van der Waals surface area contributed by atoms with Crippen molar-refractivity contribution in [2.45, 2.75) is 31.7 Å². The first-order chi connectivity index (χ1) is 11.0. The number of likely N-dealkylation sites (N-methyl/N-ethyl adjacent to an activating group) is 1. The summed E-state index contributed by atoms with van der Waals surface area (Å²) in [5, 5.41) is 4.93. The van der Waals surface area contributed by atoms with Gasteiger partial charge in [0.25, 0.3) is 0 Å². The molecule has 0 bridgehead atoms. The molecule has 1 aliphatic carbocycles. The zero-order chi connectivity index (χ0) is 16.6. The second kappa shape index (κ2) is 6.36. The van der Waals surface area contributed by atoms with E-state index in [2.05, 4.69) is 12.0 Å². The normalized spacial score (nSPS) is 21.0. The Bertz CT molecular complexity index is 695. The molecule has 0 spiro atoms. The Kier molecular flexibility index (Phi) is 4.44. The van der Waals surface area contributed by atoms with Crippen LogP contribution in [0.2, 0.25) is 5.02 Å². The minimum Gasteiger partial charge on any atom is -0.342 e. The molecular weight excluding hydrogens is 310 g/mol. The van der Waals surface area contributed by atoms with Gasteiger partial charge in [-0.2, -0.15) is 5.10 Å². The van der Waals surface area contributed by atoms with Gasteiger partial charge in [0.05, 0.1) is 6.20 Å². The molecule has 1 aliphatic rings. The van der Waals surface area contributed by atoms with Gasteiger partial charge in [-0.05, 0) is 48.9 Å². The Morgan fingerprint density at radius 3 is 2.74 bits per heavy atom. The summed E-state index contributed by atoms with van der Waals surface area (Å²) in [5.74, 6) is 0.679. The molecule has 2 aromatic rings. The summed E-state index contributed by atoms with van der Waals surface area (Å²) in [4.78, 5) is 14.5. The van der Waals surface area contributed by atoms with Crippen molar-refractivity contribution in [1.82, 2.24) is 14.7 Å². The van der Waals surface area contributed by atoms with Crippen molar-refractivity contribution in [3.05, 3.63) is 52.8 Å². The third-order valence-electron chi connectivity index (χ3n) is 4.71. The lowest BCUT2D eigenvalue weighted by molar-refractivity contribution is -0.133. The van der Waals surface area contributed by atoms with Crippen molar-refractivity contribution >= 4 is 17.5 Å². The molecule has 3 rings (SSSR count). The lowest BCUT2D eigenvalue weighted by atomic mass is 10.1. The number of aryl methyl sites for hydroxylation is 1. The average Bonchev–Trinajstić information content (AvgIpc) is 3.22. The van der Waals surface area contributed by atoms with E-state index in [0.29, 0.717) is 5.92 Å². The van der Waals surface area contributed by atoms with Crippen LogP contribution in [0.3, 0.4) is 0 Å². The molecule has 1 amide bonds. The van der Waals surface area contributed by atoms with Gasteiger partial charge in [0.15, 0.2) is 0 Å². The van der Waals surface area contributed by atoms with Gasteiger partial charge >= 0.3 is 0 Å². The number of carbonyl (C=O) groups is 1. The summed E-state index contributed by atoms with van der Waals surface area (Å²) in [7, 11) is 3.81. The lowest BCUT2D eigenvalue weighted by Gasteiger charge is -2.25. The lowest BCUT2D eigenvalue weighted by Crippen LogP contribution is -2.37. The molecule has 0 N–H and O–H groups in total. The van der Waals surface area contributed by atoms with Crippen molar-refractivity contribution in [3.63, 3.8) is 0 Å². The smallest absolute Gasteiger partial charge is 0.226 e. The first-order valence-corrected chi connectivity index (χ1v) is 8.33. The van der Waals surface area contributed by atoms with E-state index in [4.69, 9.17) is 11.6 Å². The van der Waals surface area contributed by atoms with E-state index < -0.39 is 0 Å². The summed E-state index contributed by atoms with van der Waals surface area (Å²) in [6.07, 6.45) is 5.65. The molecule has 1 heterocycles. The van der Waals surface area contributed by atoms with E-state index in [-0.39, 0.29) is 17.9 Å². The van der Waals surface area contributed by atoms with E-state index >= 15 is 0 Å². The highest BCUT2D eigenvalue weighted by molar-refractivity contribution is 6.30. The Balaban J connectivity index is 1.58. The van der Waals surface area contributed by atoms with Gasteiger partial charge in [-0.1, -0.05) is 23.7 Å². The van der Waals surface area contributed by atoms with Crippen LogP contribution in [0.1, 0.15) is 30.4 Å². The fourth-order valence-electron chi connectivity index (χ4n) is 3.05. The number of nitrogens with zero attached hydrogens (tertiary/aromatic N) is 3. The van der Waals surface area contributed by atoms with Crippen molar-refractivity contribution in [1.29, 1.82) is 0 Å². The molecule has 0 aliphatic heterocycles. The van der Waals surface area contributed by atoms with Crippen molar-refractivity contribution < 1.29 is 4.79 Å².